The van der Waals surface area contributed by atoms with E-state index >= 15 is 0 Å². The molecule has 0 heterocycles. The largest absolute Gasteiger partial charge is 0.466 e. The Morgan fingerprint density at radius 2 is 0.621 bits per heavy atom. The highest BCUT2D eigenvalue weighted by molar-refractivity contribution is 5.69. The first-order valence-electron chi connectivity index (χ1n) is 27.1. The Morgan fingerprint density at radius 1 is 0.345 bits per heavy atom. The summed E-state index contributed by atoms with van der Waals surface area (Å²) in [6.45, 7) is 8.25. The van der Waals surface area contributed by atoms with Crippen LogP contribution in [0.3, 0.4) is 0 Å². The molecular formula is C54H108O4. The van der Waals surface area contributed by atoms with Gasteiger partial charge in [-0.05, 0) is 32.1 Å². The first kappa shape index (κ1) is 57.4. The molecule has 0 aliphatic rings. The molecule has 348 valence electrons. The summed E-state index contributed by atoms with van der Waals surface area (Å²) < 4.78 is 11.9. The van der Waals surface area contributed by atoms with E-state index in [1.54, 1.807) is 0 Å². The Bertz CT molecular complexity index is 755. The lowest BCUT2D eigenvalue weighted by atomic mass is 9.99. The van der Waals surface area contributed by atoms with E-state index in [1.165, 1.54) is 231 Å². The van der Waals surface area contributed by atoms with Gasteiger partial charge in [0, 0.05) is 13.0 Å². The van der Waals surface area contributed by atoms with Crippen molar-refractivity contribution in [3.05, 3.63) is 0 Å². The van der Waals surface area contributed by atoms with Crippen molar-refractivity contribution in [3.63, 3.8) is 0 Å². The zero-order chi connectivity index (χ0) is 42.1. The molecule has 2 atom stereocenters. The molecule has 0 spiro atoms. The highest BCUT2D eigenvalue weighted by Crippen LogP contribution is 2.20. The van der Waals surface area contributed by atoms with Crippen molar-refractivity contribution in [2.45, 2.75) is 328 Å². The Labute approximate surface area is 365 Å². The van der Waals surface area contributed by atoms with Crippen molar-refractivity contribution in [3.8, 4) is 0 Å². The van der Waals surface area contributed by atoms with Crippen molar-refractivity contribution in [1.82, 2.24) is 0 Å². The molecule has 0 aliphatic heterocycles. The SMILES string of the molecule is CCCCCCCCCCCCCCCCCCOC(=O)CCCCCCCC(O)C(CCCCCCCC)OCCCCCCCCCCCCCCCCCC. The predicted molar refractivity (Wildman–Crippen MR) is 256 cm³/mol. The number of hydrogen-bond donors (Lipinski definition) is 1. The molecule has 0 rings (SSSR count). The number of esters is 1. The summed E-state index contributed by atoms with van der Waals surface area (Å²) in [5.41, 5.74) is 0. The summed E-state index contributed by atoms with van der Waals surface area (Å²) in [6.07, 6.45) is 58.9. The number of rotatable bonds is 51. The van der Waals surface area contributed by atoms with Gasteiger partial charge >= 0.3 is 5.97 Å². The third-order valence-corrected chi connectivity index (χ3v) is 12.7. The number of carbonyl (C=O) groups is 1. The van der Waals surface area contributed by atoms with E-state index < -0.39 is 0 Å². The van der Waals surface area contributed by atoms with E-state index in [0.717, 1.165) is 64.4 Å². The van der Waals surface area contributed by atoms with Crippen molar-refractivity contribution in [1.29, 1.82) is 0 Å². The third kappa shape index (κ3) is 46.5. The molecule has 0 aromatic rings. The van der Waals surface area contributed by atoms with E-state index in [1.807, 2.05) is 0 Å². The summed E-state index contributed by atoms with van der Waals surface area (Å²) in [4.78, 5) is 12.2. The van der Waals surface area contributed by atoms with Gasteiger partial charge in [-0.2, -0.15) is 0 Å². The van der Waals surface area contributed by atoms with E-state index in [0.29, 0.717) is 13.0 Å². The first-order chi connectivity index (χ1) is 28.7. The number of aliphatic hydroxyl groups excluding tert-OH is 1. The maximum Gasteiger partial charge on any atom is 0.305 e. The lowest BCUT2D eigenvalue weighted by Gasteiger charge is -2.24. The molecule has 0 amide bonds. The number of aliphatic hydroxyl groups is 1. The number of carbonyl (C=O) groups excluding carboxylic acids is 1. The Morgan fingerprint density at radius 3 is 0.983 bits per heavy atom. The van der Waals surface area contributed by atoms with Crippen LogP contribution in [0.15, 0.2) is 0 Å². The van der Waals surface area contributed by atoms with E-state index in [9.17, 15) is 9.90 Å². The smallest absolute Gasteiger partial charge is 0.305 e. The standard InChI is InChI=1S/C54H108O4/c1-4-7-10-13-16-18-20-22-24-26-28-30-32-34-40-45-50-57-53(48-43-38-15-12-9-6-3)52(55)47-42-37-36-39-44-49-54(56)58-51-46-41-35-33-31-29-27-25-23-21-19-17-14-11-8-5-2/h52-53,55H,4-51H2,1-3H3. The van der Waals surface area contributed by atoms with Crippen LogP contribution < -0.4 is 0 Å². The second-order valence-corrected chi connectivity index (χ2v) is 18.7. The molecule has 0 aliphatic carbocycles. The molecule has 2 unspecified atom stereocenters. The zero-order valence-corrected chi connectivity index (χ0v) is 40.3. The number of ether oxygens (including phenoxy) is 2. The summed E-state index contributed by atoms with van der Waals surface area (Å²) in [7, 11) is 0. The molecule has 4 heteroatoms. The van der Waals surface area contributed by atoms with E-state index in [2.05, 4.69) is 20.8 Å². The predicted octanol–water partition coefficient (Wildman–Crippen LogP) is 18.3. The summed E-state index contributed by atoms with van der Waals surface area (Å²) in [5, 5.41) is 11.1. The Kier molecular flexibility index (Phi) is 50.2. The second-order valence-electron chi connectivity index (χ2n) is 18.7. The average Bonchev–Trinajstić information content (AvgIpc) is 3.23. The van der Waals surface area contributed by atoms with Gasteiger partial charge in [0.25, 0.3) is 0 Å². The topological polar surface area (TPSA) is 55.8 Å². The van der Waals surface area contributed by atoms with E-state index in [4.69, 9.17) is 9.47 Å². The Hall–Kier alpha value is -0.610. The molecule has 58 heavy (non-hydrogen) atoms. The lowest BCUT2D eigenvalue weighted by molar-refractivity contribution is -0.143. The molecule has 0 aromatic carbocycles. The zero-order valence-electron chi connectivity index (χ0n) is 40.3. The minimum atomic E-state index is -0.351. The molecule has 0 fully saturated rings. The van der Waals surface area contributed by atoms with Crippen molar-refractivity contribution >= 4 is 5.97 Å². The fourth-order valence-electron chi connectivity index (χ4n) is 8.64. The van der Waals surface area contributed by atoms with Crippen LogP contribution in [0.2, 0.25) is 0 Å². The third-order valence-electron chi connectivity index (χ3n) is 12.7. The highest BCUT2D eigenvalue weighted by Gasteiger charge is 2.19. The molecule has 0 saturated heterocycles. The van der Waals surface area contributed by atoms with Crippen LogP contribution in [0, 0.1) is 0 Å². The fraction of sp³-hybridized carbons (Fsp3) is 0.981. The van der Waals surface area contributed by atoms with Crippen LogP contribution in [0.25, 0.3) is 0 Å². The minimum Gasteiger partial charge on any atom is -0.466 e. The summed E-state index contributed by atoms with van der Waals surface area (Å²) in [6, 6.07) is 0. The summed E-state index contributed by atoms with van der Waals surface area (Å²) in [5.74, 6) is -0.0181. The molecule has 0 saturated carbocycles. The van der Waals surface area contributed by atoms with Gasteiger partial charge in [0.2, 0.25) is 0 Å². The maximum absolute atomic E-state index is 12.2. The van der Waals surface area contributed by atoms with Gasteiger partial charge in [-0.1, -0.05) is 278 Å². The quantitative estimate of drug-likeness (QED) is 0.0491. The van der Waals surface area contributed by atoms with Gasteiger partial charge in [0.05, 0.1) is 18.8 Å². The van der Waals surface area contributed by atoms with Gasteiger partial charge in [0.1, 0.15) is 0 Å². The average molecular weight is 821 g/mol. The van der Waals surface area contributed by atoms with Crippen LogP contribution in [0.5, 0.6) is 0 Å². The van der Waals surface area contributed by atoms with Crippen LogP contribution >= 0.6 is 0 Å². The highest BCUT2D eigenvalue weighted by atomic mass is 16.5. The first-order valence-corrected chi connectivity index (χ1v) is 27.1. The molecule has 1 N–H and O–H groups in total. The summed E-state index contributed by atoms with van der Waals surface area (Å²) >= 11 is 0. The Balaban J connectivity index is 3.82. The normalized spacial score (nSPS) is 12.7. The van der Waals surface area contributed by atoms with Gasteiger partial charge in [-0.3, -0.25) is 4.79 Å². The fourth-order valence-corrected chi connectivity index (χ4v) is 8.64. The molecular weight excluding hydrogens is 713 g/mol. The number of unbranched alkanes of at least 4 members (excludes halogenated alkanes) is 39. The lowest BCUT2D eigenvalue weighted by Crippen LogP contribution is -2.29. The van der Waals surface area contributed by atoms with Gasteiger partial charge < -0.3 is 14.6 Å². The van der Waals surface area contributed by atoms with Gasteiger partial charge in [-0.25, -0.2) is 0 Å². The van der Waals surface area contributed by atoms with E-state index in [-0.39, 0.29) is 18.2 Å². The second kappa shape index (κ2) is 50.7. The van der Waals surface area contributed by atoms with Crippen LogP contribution in [-0.4, -0.2) is 36.5 Å². The molecule has 0 radical (unpaired) electrons. The number of hydrogen-bond acceptors (Lipinski definition) is 4. The molecule has 4 nitrogen and oxygen atoms in total. The van der Waals surface area contributed by atoms with Gasteiger partial charge in [0.15, 0.2) is 0 Å². The van der Waals surface area contributed by atoms with Gasteiger partial charge in [-0.15, -0.1) is 0 Å². The minimum absolute atomic E-state index is 0.00773. The van der Waals surface area contributed by atoms with Crippen molar-refractivity contribution in [2.24, 2.45) is 0 Å². The van der Waals surface area contributed by atoms with Crippen LogP contribution in [-0.2, 0) is 14.3 Å². The monoisotopic (exact) mass is 821 g/mol. The molecule has 0 aromatic heterocycles. The van der Waals surface area contributed by atoms with Crippen molar-refractivity contribution in [2.75, 3.05) is 13.2 Å². The van der Waals surface area contributed by atoms with Crippen LogP contribution in [0.4, 0.5) is 0 Å². The maximum atomic E-state index is 12.2. The van der Waals surface area contributed by atoms with Crippen molar-refractivity contribution < 1.29 is 19.4 Å². The van der Waals surface area contributed by atoms with Crippen LogP contribution in [0.1, 0.15) is 316 Å². The molecule has 0 bridgehead atoms.